The smallest absolute Gasteiger partial charge is 0.128 e. The molecule has 0 bridgehead atoms. The first-order valence-electron chi connectivity index (χ1n) is 9.31. The first kappa shape index (κ1) is 17.8. The Hall–Kier alpha value is -3.59. The van der Waals surface area contributed by atoms with Gasteiger partial charge in [-0.2, -0.15) is 5.10 Å². The van der Waals surface area contributed by atoms with E-state index in [1.54, 1.807) is 7.11 Å². The molecule has 3 heteroatoms. The van der Waals surface area contributed by atoms with Crippen molar-refractivity contribution in [3.8, 4) is 5.75 Å². The van der Waals surface area contributed by atoms with E-state index in [1.165, 1.54) is 10.9 Å². The van der Waals surface area contributed by atoms with Crippen molar-refractivity contribution in [2.45, 2.75) is 6.54 Å². The number of hydrazone groups is 1. The molecule has 4 aromatic carbocycles. The zero-order valence-corrected chi connectivity index (χ0v) is 15.8. The number of rotatable bonds is 6. The maximum Gasteiger partial charge on any atom is 0.128 e. The molecule has 0 saturated carbocycles. The second-order valence-electron chi connectivity index (χ2n) is 6.53. The van der Waals surface area contributed by atoms with Crippen LogP contribution in [-0.2, 0) is 6.54 Å². The van der Waals surface area contributed by atoms with Crippen LogP contribution in [0.2, 0.25) is 0 Å². The number of methoxy groups -OCH3 is 1. The van der Waals surface area contributed by atoms with Crippen LogP contribution in [0.5, 0.6) is 5.75 Å². The van der Waals surface area contributed by atoms with Crippen LogP contribution in [0.1, 0.15) is 11.1 Å². The maximum absolute atomic E-state index is 5.60. The SMILES string of the molecule is COc1ccc2ccccc2c1C=NN(Cc1ccccc1)c1ccccc1. The fourth-order valence-corrected chi connectivity index (χ4v) is 3.27. The molecule has 0 aliphatic carbocycles. The minimum atomic E-state index is 0.689. The lowest BCUT2D eigenvalue weighted by Crippen LogP contribution is -2.16. The molecule has 0 saturated heterocycles. The summed E-state index contributed by atoms with van der Waals surface area (Å²) in [5.74, 6) is 0.815. The number of hydrogen-bond acceptors (Lipinski definition) is 3. The molecule has 4 rings (SSSR count). The van der Waals surface area contributed by atoms with Crippen molar-refractivity contribution in [1.29, 1.82) is 0 Å². The highest BCUT2D eigenvalue weighted by Gasteiger charge is 2.09. The van der Waals surface area contributed by atoms with Crippen LogP contribution < -0.4 is 9.75 Å². The van der Waals surface area contributed by atoms with Crippen LogP contribution in [0.4, 0.5) is 5.69 Å². The van der Waals surface area contributed by atoms with Gasteiger partial charge in [0.25, 0.3) is 0 Å². The third-order valence-corrected chi connectivity index (χ3v) is 4.71. The summed E-state index contributed by atoms with van der Waals surface area (Å²) >= 11 is 0. The van der Waals surface area contributed by atoms with Gasteiger partial charge in [-0.3, -0.25) is 5.01 Å². The summed E-state index contributed by atoms with van der Waals surface area (Å²) in [4.78, 5) is 0. The van der Waals surface area contributed by atoms with Crippen LogP contribution in [0.3, 0.4) is 0 Å². The van der Waals surface area contributed by atoms with Crippen molar-refractivity contribution in [2.24, 2.45) is 5.10 Å². The summed E-state index contributed by atoms with van der Waals surface area (Å²) in [6.07, 6.45) is 1.90. The van der Waals surface area contributed by atoms with E-state index in [0.717, 1.165) is 22.4 Å². The van der Waals surface area contributed by atoms with Crippen molar-refractivity contribution in [3.63, 3.8) is 0 Å². The molecule has 0 aromatic heterocycles. The van der Waals surface area contributed by atoms with Gasteiger partial charge in [-0.25, -0.2) is 0 Å². The molecule has 0 N–H and O–H groups in total. The molecule has 4 aromatic rings. The molecule has 0 aliphatic heterocycles. The normalized spacial score (nSPS) is 11.0. The molecule has 0 radical (unpaired) electrons. The number of benzene rings is 4. The van der Waals surface area contributed by atoms with E-state index in [4.69, 9.17) is 9.84 Å². The van der Waals surface area contributed by atoms with Gasteiger partial charge in [0, 0.05) is 5.56 Å². The van der Waals surface area contributed by atoms with E-state index in [0.29, 0.717) is 6.54 Å². The van der Waals surface area contributed by atoms with Gasteiger partial charge >= 0.3 is 0 Å². The Morgan fingerprint density at radius 2 is 1.46 bits per heavy atom. The Balaban J connectivity index is 1.74. The lowest BCUT2D eigenvalue weighted by Gasteiger charge is -2.19. The van der Waals surface area contributed by atoms with Gasteiger partial charge in [-0.05, 0) is 34.5 Å². The Morgan fingerprint density at radius 3 is 2.21 bits per heavy atom. The van der Waals surface area contributed by atoms with E-state index in [2.05, 4.69) is 54.6 Å². The molecule has 0 atom stereocenters. The molecule has 0 fully saturated rings. The minimum absolute atomic E-state index is 0.689. The van der Waals surface area contributed by atoms with Gasteiger partial charge in [0.15, 0.2) is 0 Å². The average Bonchev–Trinajstić information content (AvgIpc) is 2.77. The first-order chi connectivity index (χ1) is 13.8. The van der Waals surface area contributed by atoms with Crippen LogP contribution >= 0.6 is 0 Å². The largest absolute Gasteiger partial charge is 0.496 e. The summed E-state index contributed by atoms with van der Waals surface area (Å²) in [6, 6.07) is 32.9. The maximum atomic E-state index is 5.60. The van der Waals surface area contributed by atoms with E-state index < -0.39 is 0 Å². The van der Waals surface area contributed by atoms with E-state index in [-0.39, 0.29) is 0 Å². The minimum Gasteiger partial charge on any atom is -0.496 e. The fourth-order valence-electron chi connectivity index (χ4n) is 3.27. The monoisotopic (exact) mass is 366 g/mol. The number of nitrogens with zero attached hydrogens (tertiary/aromatic N) is 2. The van der Waals surface area contributed by atoms with Crippen LogP contribution in [0.25, 0.3) is 10.8 Å². The number of para-hydroxylation sites is 1. The molecule has 0 amide bonds. The van der Waals surface area contributed by atoms with E-state index in [9.17, 15) is 0 Å². The highest BCUT2D eigenvalue weighted by atomic mass is 16.5. The first-order valence-corrected chi connectivity index (χ1v) is 9.31. The topological polar surface area (TPSA) is 24.8 Å². The van der Waals surface area contributed by atoms with Crippen LogP contribution in [0.15, 0.2) is 102 Å². The van der Waals surface area contributed by atoms with E-state index >= 15 is 0 Å². The predicted octanol–water partition coefficient (Wildman–Crippen LogP) is 5.89. The molecule has 0 heterocycles. The summed E-state index contributed by atoms with van der Waals surface area (Å²) in [5, 5.41) is 9.15. The Bertz CT molecular complexity index is 1080. The lowest BCUT2D eigenvalue weighted by atomic mass is 10.0. The summed E-state index contributed by atoms with van der Waals surface area (Å²) in [6.45, 7) is 0.689. The number of anilines is 1. The Labute approximate surface area is 165 Å². The van der Waals surface area contributed by atoms with Gasteiger partial charge in [0.05, 0.1) is 25.6 Å². The van der Waals surface area contributed by atoms with Gasteiger partial charge in [0.1, 0.15) is 5.75 Å². The molecular weight excluding hydrogens is 344 g/mol. The molecule has 0 spiro atoms. The number of hydrogen-bond donors (Lipinski definition) is 0. The molecule has 0 unspecified atom stereocenters. The average molecular weight is 366 g/mol. The van der Waals surface area contributed by atoms with Crippen molar-refractivity contribution < 1.29 is 4.74 Å². The van der Waals surface area contributed by atoms with E-state index in [1.807, 2.05) is 53.7 Å². The predicted molar refractivity (Wildman–Crippen MR) is 117 cm³/mol. The highest BCUT2D eigenvalue weighted by molar-refractivity contribution is 6.02. The fraction of sp³-hybridized carbons (Fsp3) is 0.0800. The van der Waals surface area contributed by atoms with Crippen molar-refractivity contribution in [1.82, 2.24) is 0 Å². The third-order valence-electron chi connectivity index (χ3n) is 4.71. The van der Waals surface area contributed by atoms with Crippen molar-refractivity contribution >= 4 is 22.7 Å². The molecule has 138 valence electrons. The van der Waals surface area contributed by atoms with Gasteiger partial charge < -0.3 is 4.74 Å². The van der Waals surface area contributed by atoms with Crippen molar-refractivity contribution in [2.75, 3.05) is 12.1 Å². The zero-order chi connectivity index (χ0) is 19.2. The van der Waals surface area contributed by atoms with Gasteiger partial charge in [0.2, 0.25) is 0 Å². The molecule has 3 nitrogen and oxygen atoms in total. The quantitative estimate of drug-likeness (QED) is 0.314. The third kappa shape index (κ3) is 3.89. The Kier molecular flexibility index (Phi) is 5.34. The second-order valence-corrected chi connectivity index (χ2v) is 6.53. The van der Waals surface area contributed by atoms with Gasteiger partial charge in [-0.15, -0.1) is 0 Å². The molecule has 28 heavy (non-hydrogen) atoms. The van der Waals surface area contributed by atoms with Gasteiger partial charge in [-0.1, -0.05) is 78.9 Å². The zero-order valence-electron chi connectivity index (χ0n) is 15.8. The molecular formula is C25H22N2O. The standard InChI is InChI=1S/C25H22N2O/c1-28-25-17-16-21-12-8-9-15-23(21)24(25)18-26-27(22-13-6-3-7-14-22)19-20-10-4-2-5-11-20/h2-18H,19H2,1H3. The lowest BCUT2D eigenvalue weighted by molar-refractivity contribution is 0.415. The molecule has 0 aliphatic rings. The summed E-state index contributed by atoms with van der Waals surface area (Å²) < 4.78 is 5.60. The number of ether oxygens (including phenoxy) is 1. The number of fused-ring (bicyclic) bond motifs is 1. The summed E-state index contributed by atoms with van der Waals surface area (Å²) in [7, 11) is 1.69. The van der Waals surface area contributed by atoms with Crippen molar-refractivity contribution in [3.05, 3.63) is 108 Å². The Morgan fingerprint density at radius 1 is 0.786 bits per heavy atom. The second kappa shape index (κ2) is 8.40. The highest BCUT2D eigenvalue weighted by Crippen LogP contribution is 2.27. The summed E-state index contributed by atoms with van der Waals surface area (Å²) in [5.41, 5.74) is 3.23. The van der Waals surface area contributed by atoms with Crippen LogP contribution in [-0.4, -0.2) is 13.3 Å². The van der Waals surface area contributed by atoms with Crippen LogP contribution in [0, 0.1) is 0 Å².